The predicted molar refractivity (Wildman–Crippen MR) is 89.5 cm³/mol. The van der Waals surface area contributed by atoms with E-state index in [0.29, 0.717) is 0 Å². The van der Waals surface area contributed by atoms with Crippen molar-refractivity contribution >= 4 is 49.4 Å². The van der Waals surface area contributed by atoms with Crippen LogP contribution in [0, 0.1) is 0 Å². The summed E-state index contributed by atoms with van der Waals surface area (Å²) in [4.78, 5) is 1.11. The maximum Gasteiger partial charge on any atom is 0.239 e. The van der Waals surface area contributed by atoms with Crippen LogP contribution in [0.25, 0.3) is 5.03 Å². The molecule has 2 aliphatic rings. The van der Waals surface area contributed by atoms with Gasteiger partial charge >= 0.3 is 0 Å². The van der Waals surface area contributed by atoms with Gasteiger partial charge in [0.2, 0.25) is 5.04 Å². The lowest BCUT2D eigenvalue weighted by molar-refractivity contribution is -0.546. The van der Waals surface area contributed by atoms with Crippen molar-refractivity contribution in [1.29, 1.82) is 0 Å². The Hall–Kier alpha value is -0.550. The van der Waals surface area contributed by atoms with Crippen LogP contribution < -0.4 is 0 Å². The van der Waals surface area contributed by atoms with Gasteiger partial charge in [-0.15, -0.1) is 0 Å². The van der Waals surface area contributed by atoms with Gasteiger partial charge in [-0.3, -0.25) is 0 Å². The van der Waals surface area contributed by atoms with E-state index in [2.05, 4.69) is 32.7 Å². The number of hydrogen-bond acceptors (Lipinski definition) is 2. The Labute approximate surface area is 136 Å². The summed E-state index contributed by atoms with van der Waals surface area (Å²) < 4.78 is 8.79. The van der Waals surface area contributed by atoms with E-state index < -0.39 is 0 Å². The summed E-state index contributed by atoms with van der Waals surface area (Å²) in [5, 5.41) is 2.07. The number of benzene rings is 1. The number of allylic oxidation sites excluding steroid dienone is 1. The summed E-state index contributed by atoms with van der Waals surface area (Å²) >= 11 is 11.7. The van der Waals surface area contributed by atoms with Gasteiger partial charge in [0.15, 0.2) is 13.1 Å². The van der Waals surface area contributed by atoms with Crippen LogP contribution in [0.1, 0.15) is 5.56 Å². The van der Waals surface area contributed by atoms with Crippen LogP contribution >= 0.6 is 39.3 Å². The summed E-state index contributed by atoms with van der Waals surface area (Å²) in [7, 11) is 0. The number of thioether (sulfide) groups is 1. The summed E-state index contributed by atoms with van der Waals surface area (Å²) in [6, 6.07) is 8.07. The number of morpholine rings is 1. The van der Waals surface area contributed by atoms with Gasteiger partial charge in [-0.25, -0.2) is 4.58 Å². The van der Waals surface area contributed by atoms with Crippen LogP contribution in [0.2, 0.25) is 0 Å². The maximum atomic E-state index is 6.50. The lowest BCUT2D eigenvalue weighted by atomic mass is 10.2. The molecule has 1 saturated heterocycles. The first-order valence-corrected chi connectivity index (χ1v) is 8.44. The molecule has 2 aliphatic heterocycles. The molecule has 0 unspecified atom stereocenters. The molecular formula is C15H14BrClNOS+. The lowest BCUT2D eigenvalue weighted by Crippen LogP contribution is -2.31. The third kappa shape index (κ3) is 3.19. The highest BCUT2D eigenvalue weighted by Crippen LogP contribution is 2.36. The predicted octanol–water partition coefficient (Wildman–Crippen LogP) is 4.10. The monoisotopic (exact) mass is 370 g/mol. The average molecular weight is 372 g/mol. The summed E-state index contributed by atoms with van der Waals surface area (Å²) in [6.45, 7) is 3.51. The van der Waals surface area contributed by atoms with Gasteiger partial charge in [0.25, 0.3) is 0 Å². The van der Waals surface area contributed by atoms with Gasteiger partial charge in [-0.1, -0.05) is 39.7 Å². The Balaban J connectivity index is 1.84. The molecule has 0 radical (unpaired) electrons. The highest BCUT2D eigenvalue weighted by atomic mass is 79.9. The topological polar surface area (TPSA) is 12.2 Å². The van der Waals surface area contributed by atoms with Gasteiger partial charge in [-0.2, -0.15) is 0 Å². The molecule has 0 amide bonds. The molecule has 3 rings (SSSR count). The Kier molecular flexibility index (Phi) is 4.66. The van der Waals surface area contributed by atoms with E-state index in [4.69, 9.17) is 16.3 Å². The van der Waals surface area contributed by atoms with Crippen LogP contribution in [0.3, 0.4) is 0 Å². The number of halogens is 2. The molecule has 104 valence electrons. The van der Waals surface area contributed by atoms with E-state index >= 15 is 0 Å². The Bertz CT molecular complexity index is 599. The fourth-order valence-corrected chi connectivity index (χ4v) is 3.72. The molecule has 2 nitrogen and oxygen atoms in total. The third-order valence-corrected chi connectivity index (χ3v) is 5.45. The van der Waals surface area contributed by atoms with E-state index in [1.807, 2.05) is 24.3 Å². The van der Waals surface area contributed by atoms with Crippen LogP contribution in [0.5, 0.6) is 0 Å². The van der Waals surface area contributed by atoms with Crippen molar-refractivity contribution in [1.82, 2.24) is 0 Å². The van der Waals surface area contributed by atoms with Crippen molar-refractivity contribution in [2.75, 3.05) is 26.3 Å². The smallest absolute Gasteiger partial charge is 0.239 e. The zero-order valence-electron chi connectivity index (χ0n) is 10.8. The van der Waals surface area contributed by atoms with Gasteiger partial charge in [0.05, 0.1) is 5.03 Å². The van der Waals surface area contributed by atoms with Gasteiger partial charge in [0, 0.05) is 15.5 Å². The molecular weight excluding hydrogens is 358 g/mol. The molecule has 0 bridgehead atoms. The SMILES string of the molecule is ClC(=C1C=CC(=[N+]2CCOCC2)S1)c1ccc(Br)cc1. The maximum absolute atomic E-state index is 6.50. The molecule has 0 aromatic heterocycles. The minimum atomic E-state index is 0.803. The normalized spacial score (nSPS) is 21.5. The Morgan fingerprint density at radius 3 is 2.55 bits per heavy atom. The molecule has 0 spiro atoms. The van der Waals surface area contributed by atoms with Crippen molar-refractivity contribution in [3.63, 3.8) is 0 Å². The standard InChI is InChI=1S/C15H14BrClNOS/c16-12-3-1-11(2-4-12)15(17)13-5-6-14(20-13)18-7-9-19-10-8-18/h1-6H,7-10H2/q+1. The van der Waals surface area contributed by atoms with Gasteiger partial charge in [-0.05, 0) is 35.5 Å². The van der Waals surface area contributed by atoms with Crippen LogP contribution in [-0.2, 0) is 4.74 Å². The zero-order valence-corrected chi connectivity index (χ0v) is 14.0. The van der Waals surface area contributed by atoms with Crippen molar-refractivity contribution in [2.45, 2.75) is 0 Å². The first-order chi connectivity index (χ1) is 9.74. The second-order valence-corrected chi connectivity index (χ2v) is 6.91. The summed E-state index contributed by atoms with van der Waals surface area (Å²) in [5.74, 6) is 0. The highest BCUT2D eigenvalue weighted by molar-refractivity contribution is 9.10. The van der Waals surface area contributed by atoms with E-state index in [-0.39, 0.29) is 0 Å². The molecule has 1 aromatic rings. The average Bonchev–Trinajstić information content (AvgIpc) is 2.98. The van der Waals surface area contributed by atoms with Crippen LogP contribution in [-0.4, -0.2) is 35.9 Å². The van der Waals surface area contributed by atoms with Crippen molar-refractivity contribution in [3.05, 3.63) is 51.4 Å². The van der Waals surface area contributed by atoms with Crippen molar-refractivity contribution in [3.8, 4) is 0 Å². The molecule has 0 aliphatic carbocycles. The minimum Gasteiger partial charge on any atom is -0.368 e. The van der Waals surface area contributed by atoms with Gasteiger partial charge in [0.1, 0.15) is 13.2 Å². The lowest BCUT2D eigenvalue weighted by Gasteiger charge is -2.11. The fourth-order valence-electron chi connectivity index (χ4n) is 2.14. The van der Waals surface area contributed by atoms with Crippen LogP contribution in [0.15, 0.2) is 45.8 Å². The largest absolute Gasteiger partial charge is 0.368 e. The number of ether oxygens (including phenoxy) is 1. The molecule has 1 fully saturated rings. The second kappa shape index (κ2) is 6.48. The molecule has 5 heteroatoms. The van der Waals surface area contributed by atoms with E-state index in [9.17, 15) is 0 Å². The van der Waals surface area contributed by atoms with E-state index in [1.54, 1.807) is 11.8 Å². The third-order valence-electron chi connectivity index (χ3n) is 3.23. The number of hydrogen-bond donors (Lipinski definition) is 0. The molecule has 2 heterocycles. The first kappa shape index (κ1) is 14.4. The first-order valence-electron chi connectivity index (χ1n) is 6.45. The quantitative estimate of drug-likeness (QED) is 0.689. The Morgan fingerprint density at radius 1 is 1.15 bits per heavy atom. The zero-order chi connectivity index (χ0) is 13.9. The number of nitrogens with zero attached hydrogens (tertiary/aromatic N) is 1. The molecule has 1 aromatic carbocycles. The fraction of sp³-hybridized carbons (Fsp3) is 0.267. The Morgan fingerprint density at radius 2 is 1.85 bits per heavy atom. The molecule has 20 heavy (non-hydrogen) atoms. The molecule has 0 saturated carbocycles. The summed E-state index contributed by atoms with van der Waals surface area (Å²) in [6.07, 6.45) is 4.24. The van der Waals surface area contributed by atoms with Gasteiger partial charge < -0.3 is 4.74 Å². The molecule has 0 N–H and O–H groups in total. The molecule has 0 atom stereocenters. The summed E-state index contributed by atoms with van der Waals surface area (Å²) in [5.41, 5.74) is 1.05. The van der Waals surface area contributed by atoms with E-state index in [0.717, 1.165) is 46.3 Å². The van der Waals surface area contributed by atoms with Crippen LogP contribution in [0.4, 0.5) is 0 Å². The highest BCUT2D eigenvalue weighted by Gasteiger charge is 2.23. The van der Waals surface area contributed by atoms with Crippen molar-refractivity contribution < 1.29 is 9.31 Å². The van der Waals surface area contributed by atoms with Crippen molar-refractivity contribution in [2.24, 2.45) is 0 Å². The number of rotatable bonds is 1. The van der Waals surface area contributed by atoms with E-state index in [1.165, 1.54) is 5.04 Å². The minimum absolute atomic E-state index is 0.803. The second-order valence-electron chi connectivity index (χ2n) is 4.56.